The SMILES string of the molecule is O=C(O)CC1C(=O)NCCN1C(=O)c1cc(F)cnc1Cl. The summed E-state index contributed by atoms with van der Waals surface area (Å²) in [4.78, 5) is 39.5. The van der Waals surface area contributed by atoms with E-state index < -0.39 is 36.1 Å². The van der Waals surface area contributed by atoms with Gasteiger partial charge in [-0.15, -0.1) is 0 Å². The molecular weight excluding hydrogens is 305 g/mol. The van der Waals surface area contributed by atoms with E-state index in [9.17, 15) is 18.8 Å². The van der Waals surface area contributed by atoms with Crippen LogP contribution in [0.2, 0.25) is 5.15 Å². The van der Waals surface area contributed by atoms with E-state index in [4.69, 9.17) is 16.7 Å². The number of aromatic nitrogens is 1. The predicted octanol–water partition coefficient (Wildman–Crippen LogP) is 0.289. The molecule has 1 aromatic rings. The van der Waals surface area contributed by atoms with E-state index in [0.717, 1.165) is 17.2 Å². The predicted molar refractivity (Wildman–Crippen MR) is 69.3 cm³/mol. The number of piperazine rings is 1. The number of rotatable bonds is 3. The Hall–Kier alpha value is -2.22. The third kappa shape index (κ3) is 3.27. The summed E-state index contributed by atoms with van der Waals surface area (Å²) >= 11 is 5.76. The van der Waals surface area contributed by atoms with Crippen molar-refractivity contribution in [2.24, 2.45) is 0 Å². The number of hydrogen-bond acceptors (Lipinski definition) is 4. The molecule has 0 aliphatic carbocycles. The van der Waals surface area contributed by atoms with Crippen LogP contribution in [0.3, 0.4) is 0 Å². The molecule has 2 heterocycles. The van der Waals surface area contributed by atoms with Crippen molar-refractivity contribution in [3.05, 3.63) is 28.8 Å². The van der Waals surface area contributed by atoms with Gasteiger partial charge < -0.3 is 15.3 Å². The molecule has 0 bridgehead atoms. The monoisotopic (exact) mass is 315 g/mol. The van der Waals surface area contributed by atoms with Crippen molar-refractivity contribution in [1.29, 1.82) is 0 Å². The molecule has 1 aliphatic rings. The minimum atomic E-state index is -1.22. The molecule has 0 radical (unpaired) electrons. The molecule has 0 saturated carbocycles. The molecular formula is C12H11ClFN3O4. The first-order valence-electron chi connectivity index (χ1n) is 6.01. The van der Waals surface area contributed by atoms with E-state index >= 15 is 0 Å². The molecule has 1 saturated heterocycles. The molecule has 1 aliphatic heterocycles. The molecule has 9 heteroatoms. The van der Waals surface area contributed by atoms with Crippen LogP contribution in [0.5, 0.6) is 0 Å². The minimum Gasteiger partial charge on any atom is -0.481 e. The first-order valence-corrected chi connectivity index (χ1v) is 6.39. The van der Waals surface area contributed by atoms with Gasteiger partial charge in [-0.1, -0.05) is 11.6 Å². The molecule has 2 amide bonds. The summed E-state index contributed by atoms with van der Waals surface area (Å²) in [5.74, 6) is -3.28. The van der Waals surface area contributed by atoms with Crippen LogP contribution in [0.4, 0.5) is 4.39 Å². The van der Waals surface area contributed by atoms with E-state index in [2.05, 4.69) is 10.3 Å². The molecule has 1 atom stereocenters. The third-order valence-electron chi connectivity index (χ3n) is 3.00. The Morgan fingerprint density at radius 2 is 2.29 bits per heavy atom. The molecule has 0 spiro atoms. The van der Waals surface area contributed by atoms with Crippen molar-refractivity contribution in [3.63, 3.8) is 0 Å². The Morgan fingerprint density at radius 1 is 1.57 bits per heavy atom. The van der Waals surface area contributed by atoms with Crippen LogP contribution in [0.25, 0.3) is 0 Å². The van der Waals surface area contributed by atoms with Crippen LogP contribution in [-0.2, 0) is 9.59 Å². The zero-order valence-corrected chi connectivity index (χ0v) is 11.4. The van der Waals surface area contributed by atoms with E-state index in [1.807, 2.05) is 0 Å². The zero-order valence-electron chi connectivity index (χ0n) is 10.7. The van der Waals surface area contributed by atoms with Crippen molar-refractivity contribution >= 4 is 29.4 Å². The molecule has 2 rings (SSSR count). The van der Waals surface area contributed by atoms with Crippen LogP contribution in [0, 0.1) is 5.82 Å². The van der Waals surface area contributed by atoms with E-state index in [0.29, 0.717) is 0 Å². The summed E-state index contributed by atoms with van der Waals surface area (Å²) in [7, 11) is 0. The van der Waals surface area contributed by atoms with Crippen LogP contribution in [0.1, 0.15) is 16.8 Å². The maximum atomic E-state index is 13.2. The van der Waals surface area contributed by atoms with Gasteiger partial charge in [-0.3, -0.25) is 14.4 Å². The molecule has 1 aromatic heterocycles. The number of nitrogens with one attached hydrogen (secondary N) is 1. The van der Waals surface area contributed by atoms with Crippen molar-refractivity contribution in [3.8, 4) is 0 Å². The number of carboxylic acid groups (broad SMARTS) is 1. The summed E-state index contributed by atoms with van der Waals surface area (Å²) in [6.07, 6.45) is 0.314. The van der Waals surface area contributed by atoms with Gasteiger partial charge in [0.1, 0.15) is 17.0 Å². The molecule has 1 fully saturated rings. The van der Waals surface area contributed by atoms with Crippen LogP contribution >= 0.6 is 11.6 Å². The van der Waals surface area contributed by atoms with E-state index in [1.54, 1.807) is 0 Å². The number of pyridine rings is 1. The van der Waals surface area contributed by atoms with Crippen molar-refractivity contribution in [1.82, 2.24) is 15.2 Å². The Labute approximate surface area is 123 Å². The molecule has 7 nitrogen and oxygen atoms in total. The Morgan fingerprint density at radius 3 is 2.95 bits per heavy atom. The standard InChI is InChI=1S/C12H11ClFN3O4/c13-10-7(3-6(14)5-16-10)12(21)17-2-1-15-11(20)8(17)4-9(18)19/h3,5,8H,1-2,4H2,(H,15,20)(H,18,19). The molecule has 21 heavy (non-hydrogen) atoms. The zero-order chi connectivity index (χ0) is 15.6. The number of carbonyl (C=O) groups is 3. The molecule has 1 unspecified atom stereocenters. The first kappa shape index (κ1) is 15.2. The highest BCUT2D eigenvalue weighted by Crippen LogP contribution is 2.19. The van der Waals surface area contributed by atoms with Gasteiger partial charge in [0.25, 0.3) is 5.91 Å². The average molecular weight is 316 g/mol. The normalized spacial score (nSPS) is 18.3. The van der Waals surface area contributed by atoms with Gasteiger partial charge in [-0.05, 0) is 6.07 Å². The lowest BCUT2D eigenvalue weighted by molar-refractivity contribution is -0.142. The quantitative estimate of drug-likeness (QED) is 0.781. The van der Waals surface area contributed by atoms with Crippen LogP contribution < -0.4 is 5.32 Å². The second-order valence-corrected chi connectivity index (χ2v) is 4.75. The highest BCUT2D eigenvalue weighted by atomic mass is 35.5. The second-order valence-electron chi connectivity index (χ2n) is 4.40. The molecule has 2 N–H and O–H groups in total. The summed E-state index contributed by atoms with van der Waals surface area (Å²) in [5.41, 5.74) is -0.207. The number of carboxylic acids is 1. The third-order valence-corrected chi connectivity index (χ3v) is 3.30. The van der Waals surface area contributed by atoms with Crippen molar-refractivity contribution in [2.45, 2.75) is 12.5 Å². The fraction of sp³-hybridized carbons (Fsp3) is 0.333. The number of aliphatic carboxylic acids is 1. The maximum Gasteiger partial charge on any atom is 0.305 e. The summed E-state index contributed by atoms with van der Waals surface area (Å²) in [6.45, 7) is 0.288. The summed E-state index contributed by atoms with van der Waals surface area (Å²) in [6, 6.07) is -0.259. The highest BCUT2D eigenvalue weighted by Gasteiger charge is 2.36. The van der Waals surface area contributed by atoms with Gasteiger partial charge in [-0.2, -0.15) is 0 Å². The van der Waals surface area contributed by atoms with Gasteiger partial charge in [0.2, 0.25) is 5.91 Å². The number of nitrogens with zero attached hydrogens (tertiary/aromatic N) is 2. The Bertz CT molecular complexity index is 610. The average Bonchev–Trinajstić information content (AvgIpc) is 2.42. The number of carbonyl (C=O) groups excluding carboxylic acids is 2. The van der Waals surface area contributed by atoms with Gasteiger partial charge in [-0.25, -0.2) is 9.37 Å². The second kappa shape index (κ2) is 6.04. The van der Waals surface area contributed by atoms with Gasteiger partial charge >= 0.3 is 5.97 Å². The van der Waals surface area contributed by atoms with E-state index in [-0.39, 0.29) is 23.8 Å². The Kier molecular flexibility index (Phi) is 4.37. The molecule has 112 valence electrons. The molecule has 0 aromatic carbocycles. The fourth-order valence-corrected chi connectivity index (χ4v) is 2.24. The van der Waals surface area contributed by atoms with E-state index in [1.165, 1.54) is 0 Å². The number of halogens is 2. The Balaban J connectivity index is 2.32. The van der Waals surface area contributed by atoms with Crippen LogP contribution in [-0.4, -0.2) is 51.9 Å². The van der Waals surface area contributed by atoms with Gasteiger partial charge in [0.05, 0.1) is 18.2 Å². The van der Waals surface area contributed by atoms with Crippen molar-refractivity contribution in [2.75, 3.05) is 13.1 Å². The topological polar surface area (TPSA) is 99.6 Å². The highest BCUT2D eigenvalue weighted by molar-refractivity contribution is 6.32. The van der Waals surface area contributed by atoms with Crippen molar-refractivity contribution < 1.29 is 23.9 Å². The minimum absolute atomic E-state index is 0.107. The number of amides is 2. The van der Waals surface area contributed by atoms with Crippen LogP contribution in [0.15, 0.2) is 12.3 Å². The lowest BCUT2D eigenvalue weighted by atomic mass is 10.1. The smallest absolute Gasteiger partial charge is 0.305 e. The van der Waals surface area contributed by atoms with Gasteiger partial charge in [0.15, 0.2) is 0 Å². The fourth-order valence-electron chi connectivity index (χ4n) is 2.05. The van der Waals surface area contributed by atoms with Gasteiger partial charge in [0, 0.05) is 13.1 Å². The summed E-state index contributed by atoms with van der Waals surface area (Å²) in [5, 5.41) is 11.1. The largest absolute Gasteiger partial charge is 0.481 e. The number of hydrogen-bond donors (Lipinski definition) is 2. The lowest BCUT2D eigenvalue weighted by Crippen LogP contribution is -2.57. The lowest BCUT2D eigenvalue weighted by Gasteiger charge is -2.34. The maximum absolute atomic E-state index is 13.2. The summed E-state index contributed by atoms with van der Waals surface area (Å²) < 4.78 is 13.2. The first-order chi connectivity index (χ1) is 9.90.